The molecule has 0 saturated carbocycles. The lowest BCUT2D eigenvalue weighted by molar-refractivity contribution is 0.0954. The molecular weight excluding hydrogens is 362 g/mol. The van der Waals surface area contributed by atoms with Crippen molar-refractivity contribution in [3.63, 3.8) is 0 Å². The van der Waals surface area contributed by atoms with Crippen molar-refractivity contribution >= 4 is 11.6 Å². The van der Waals surface area contributed by atoms with Gasteiger partial charge >= 0.3 is 0 Å². The third kappa shape index (κ3) is 3.93. The lowest BCUT2D eigenvalue weighted by Gasteiger charge is -2.13. The third-order valence-corrected chi connectivity index (χ3v) is 4.91. The number of aromatic nitrogens is 3. The summed E-state index contributed by atoms with van der Waals surface area (Å²) in [5.41, 5.74) is 2.59. The highest BCUT2D eigenvalue weighted by atomic mass is 19.1. The van der Waals surface area contributed by atoms with E-state index < -0.39 is 11.6 Å². The number of pyridine rings is 1. The van der Waals surface area contributed by atoms with Gasteiger partial charge in [0, 0.05) is 29.9 Å². The maximum Gasteiger partial charge on any atom is 0.251 e. The number of hydrogen-bond donors (Lipinski definition) is 1. The molecule has 0 aliphatic heterocycles. The van der Waals surface area contributed by atoms with Gasteiger partial charge in [-0.3, -0.25) is 9.20 Å². The quantitative estimate of drug-likeness (QED) is 0.670. The first-order valence-electron chi connectivity index (χ1n) is 9.37. The lowest BCUT2D eigenvalue weighted by atomic mass is 9.97. The molecule has 4 rings (SSSR count). The number of rotatable bonds is 5. The standard InChI is InChI=1S/C21H20F2N4O/c22-17-10-16(11-18(23)13-17)20-26-25-19-12-15(7-9-27(19)20)21(28)24-8-6-14-4-2-1-3-5-14/h4,7,9-13H,1-3,5-6,8H2,(H,24,28). The van der Waals surface area contributed by atoms with Crippen molar-refractivity contribution in [2.24, 2.45) is 0 Å². The smallest absolute Gasteiger partial charge is 0.251 e. The summed E-state index contributed by atoms with van der Waals surface area (Å²) in [5, 5.41) is 11.0. The van der Waals surface area contributed by atoms with Gasteiger partial charge in [0.25, 0.3) is 5.91 Å². The second kappa shape index (κ2) is 7.88. The number of benzene rings is 1. The molecule has 144 valence electrons. The summed E-state index contributed by atoms with van der Waals surface area (Å²) >= 11 is 0. The SMILES string of the molecule is O=C(NCCC1=CCCCC1)c1ccn2c(-c3cc(F)cc(F)c3)nnc2c1. The number of carbonyl (C=O) groups excluding carboxylic acids is 1. The van der Waals surface area contributed by atoms with Crippen molar-refractivity contribution in [2.45, 2.75) is 32.1 Å². The number of allylic oxidation sites excluding steroid dienone is 1. The molecule has 0 fully saturated rings. The van der Waals surface area contributed by atoms with E-state index in [-0.39, 0.29) is 11.5 Å². The minimum Gasteiger partial charge on any atom is -0.352 e. The van der Waals surface area contributed by atoms with Gasteiger partial charge in [-0.1, -0.05) is 11.6 Å². The summed E-state index contributed by atoms with van der Waals surface area (Å²) in [4.78, 5) is 12.4. The molecule has 1 aliphatic rings. The fourth-order valence-corrected chi connectivity index (χ4v) is 3.48. The van der Waals surface area contributed by atoms with Gasteiger partial charge in [0.15, 0.2) is 11.5 Å². The fourth-order valence-electron chi connectivity index (χ4n) is 3.48. The molecule has 0 saturated heterocycles. The fraction of sp³-hybridized carbons (Fsp3) is 0.286. The first-order valence-corrected chi connectivity index (χ1v) is 9.37. The van der Waals surface area contributed by atoms with Gasteiger partial charge in [-0.15, -0.1) is 10.2 Å². The Balaban J connectivity index is 1.49. The molecule has 1 aromatic carbocycles. The van der Waals surface area contributed by atoms with Gasteiger partial charge in [-0.25, -0.2) is 8.78 Å². The molecule has 1 N–H and O–H groups in total. The average molecular weight is 382 g/mol. The zero-order valence-corrected chi connectivity index (χ0v) is 15.3. The van der Waals surface area contributed by atoms with Gasteiger partial charge in [0.05, 0.1) is 0 Å². The maximum atomic E-state index is 13.5. The van der Waals surface area contributed by atoms with Crippen LogP contribution in [0.1, 0.15) is 42.5 Å². The van der Waals surface area contributed by atoms with Crippen molar-refractivity contribution in [3.05, 3.63) is 65.4 Å². The van der Waals surface area contributed by atoms with Crippen molar-refractivity contribution in [3.8, 4) is 11.4 Å². The van der Waals surface area contributed by atoms with Crippen molar-refractivity contribution < 1.29 is 13.6 Å². The Bertz CT molecular complexity index is 1040. The molecule has 0 bridgehead atoms. The molecule has 7 heteroatoms. The van der Waals surface area contributed by atoms with Crippen LogP contribution in [0.15, 0.2) is 48.2 Å². The molecule has 0 radical (unpaired) electrons. The number of nitrogens with zero attached hydrogens (tertiary/aromatic N) is 3. The number of hydrogen-bond acceptors (Lipinski definition) is 3. The van der Waals surface area contributed by atoms with Gasteiger partial charge in [-0.2, -0.15) is 0 Å². The van der Waals surface area contributed by atoms with E-state index in [0.717, 1.165) is 25.3 Å². The number of carbonyl (C=O) groups is 1. The Hall–Kier alpha value is -3.09. The normalized spacial score (nSPS) is 14.1. The molecular formula is C21H20F2N4O. The zero-order valence-electron chi connectivity index (χ0n) is 15.3. The zero-order chi connectivity index (χ0) is 19.5. The molecule has 1 aliphatic carbocycles. The minimum atomic E-state index is -0.684. The van der Waals surface area contributed by atoms with E-state index in [9.17, 15) is 13.6 Å². The van der Waals surface area contributed by atoms with E-state index in [1.54, 1.807) is 22.7 Å². The molecule has 2 aromatic heterocycles. The second-order valence-corrected chi connectivity index (χ2v) is 6.94. The van der Waals surface area contributed by atoms with Gasteiger partial charge in [0.1, 0.15) is 11.6 Å². The topological polar surface area (TPSA) is 59.3 Å². The summed E-state index contributed by atoms with van der Waals surface area (Å²) < 4.78 is 28.6. The Morgan fingerprint density at radius 2 is 1.93 bits per heavy atom. The van der Waals surface area contributed by atoms with Gasteiger partial charge in [0.2, 0.25) is 0 Å². The molecule has 5 nitrogen and oxygen atoms in total. The highest BCUT2D eigenvalue weighted by Crippen LogP contribution is 2.22. The van der Waals surface area contributed by atoms with Crippen LogP contribution < -0.4 is 5.32 Å². The maximum absolute atomic E-state index is 13.5. The van der Waals surface area contributed by atoms with Crippen LogP contribution >= 0.6 is 0 Å². The largest absolute Gasteiger partial charge is 0.352 e. The van der Waals surface area contributed by atoms with E-state index in [1.165, 1.54) is 30.5 Å². The summed E-state index contributed by atoms with van der Waals surface area (Å²) in [6.45, 7) is 0.594. The minimum absolute atomic E-state index is 0.180. The first-order chi connectivity index (χ1) is 13.6. The van der Waals surface area contributed by atoms with Crippen molar-refractivity contribution in [1.82, 2.24) is 19.9 Å². The summed E-state index contributed by atoms with van der Waals surface area (Å²) in [7, 11) is 0. The van der Waals surface area contributed by atoms with Crippen molar-refractivity contribution in [1.29, 1.82) is 0 Å². The summed E-state index contributed by atoms with van der Waals surface area (Å²) in [6, 6.07) is 6.45. The van der Waals surface area contributed by atoms with Crippen LogP contribution in [0.2, 0.25) is 0 Å². The highest BCUT2D eigenvalue weighted by molar-refractivity contribution is 5.95. The predicted octanol–water partition coefficient (Wildman–Crippen LogP) is 4.29. The molecule has 0 unspecified atom stereocenters. The van der Waals surface area contributed by atoms with Crippen LogP contribution in [0.3, 0.4) is 0 Å². The van der Waals surface area contributed by atoms with Gasteiger partial charge < -0.3 is 5.32 Å². The van der Waals surface area contributed by atoms with Crippen LogP contribution in [0.5, 0.6) is 0 Å². The van der Waals surface area contributed by atoms with E-state index in [0.29, 0.717) is 23.6 Å². The van der Waals surface area contributed by atoms with E-state index in [4.69, 9.17) is 0 Å². The van der Waals surface area contributed by atoms with Gasteiger partial charge in [-0.05, 0) is 56.4 Å². The monoisotopic (exact) mass is 382 g/mol. The Morgan fingerprint density at radius 1 is 1.11 bits per heavy atom. The Labute approximate surface area is 161 Å². The number of nitrogens with one attached hydrogen (secondary N) is 1. The lowest BCUT2D eigenvalue weighted by Crippen LogP contribution is -2.25. The molecule has 3 aromatic rings. The predicted molar refractivity (Wildman–Crippen MR) is 102 cm³/mol. The van der Waals surface area contributed by atoms with Crippen molar-refractivity contribution in [2.75, 3.05) is 6.54 Å². The number of amides is 1. The molecule has 0 atom stereocenters. The Morgan fingerprint density at radius 3 is 2.68 bits per heavy atom. The number of fused-ring (bicyclic) bond motifs is 1. The third-order valence-electron chi connectivity index (χ3n) is 4.91. The van der Waals surface area contributed by atoms with Crippen LogP contribution in [-0.2, 0) is 0 Å². The van der Waals surface area contributed by atoms with E-state index >= 15 is 0 Å². The molecule has 0 spiro atoms. The van der Waals surface area contributed by atoms with E-state index in [1.807, 2.05) is 0 Å². The van der Waals surface area contributed by atoms with Crippen LogP contribution in [0.25, 0.3) is 17.0 Å². The average Bonchev–Trinajstić information content (AvgIpc) is 3.11. The number of halogens is 2. The van der Waals surface area contributed by atoms with Crippen LogP contribution in [0, 0.1) is 11.6 Å². The van der Waals surface area contributed by atoms with E-state index in [2.05, 4.69) is 21.6 Å². The molecule has 1 amide bonds. The molecule has 2 heterocycles. The first kappa shape index (κ1) is 18.3. The van der Waals surface area contributed by atoms with Crippen LogP contribution in [-0.4, -0.2) is 27.0 Å². The second-order valence-electron chi connectivity index (χ2n) is 6.94. The van der Waals surface area contributed by atoms with Crippen LogP contribution in [0.4, 0.5) is 8.78 Å². The summed E-state index contributed by atoms with van der Waals surface area (Å²) in [6.07, 6.45) is 9.49. The molecule has 28 heavy (non-hydrogen) atoms. The summed E-state index contributed by atoms with van der Waals surface area (Å²) in [5.74, 6) is -1.24. The highest BCUT2D eigenvalue weighted by Gasteiger charge is 2.13. The Kier molecular flexibility index (Phi) is 5.14.